The first-order valence-corrected chi connectivity index (χ1v) is 13.9. The van der Waals surface area contributed by atoms with Crippen LogP contribution < -0.4 is 4.74 Å². The van der Waals surface area contributed by atoms with Gasteiger partial charge in [-0.25, -0.2) is 0 Å². The van der Waals surface area contributed by atoms with Gasteiger partial charge < -0.3 is 9.30 Å². The molecule has 0 spiro atoms. The molecule has 5 nitrogen and oxygen atoms in total. The summed E-state index contributed by atoms with van der Waals surface area (Å²) in [4.78, 5) is 27.6. The Labute approximate surface area is 232 Å². The van der Waals surface area contributed by atoms with E-state index in [2.05, 4.69) is 38.7 Å². The van der Waals surface area contributed by atoms with Gasteiger partial charge in [-0.3, -0.25) is 14.5 Å². The van der Waals surface area contributed by atoms with Gasteiger partial charge in [0.15, 0.2) is 0 Å². The third-order valence-electron chi connectivity index (χ3n) is 6.57. The number of rotatable bonds is 7. The molecule has 1 fully saturated rings. The molecular formula is C31H23BrN2O3S. The highest BCUT2D eigenvalue weighted by molar-refractivity contribution is 9.10. The molecule has 0 saturated carbocycles. The lowest BCUT2D eigenvalue weighted by Gasteiger charge is -2.14. The molecule has 0 N–H and O–H groups in total. The summed E-state index contributed by atoms with van der Waals surface area (Å²) in [6, 6.07) is 30.2. The average Bonchev–Trinajstić information content (AvgIpc) is 3.41. The molecule has 38 heavy (non-hydrogen) atoms. The van der Waals surface area contributed by atoms with Crippen LogP contribution in [-0.4, -0.2) is 33.8 Å². The zero-order valence-corrected chi connectivity index (χ0v) is 22.7. The van der Waals surface area contributed by atoms with Crippen LogP contribution >= 0.6 is 27.7 Å². The van der Waals surface area contributed by atoms with Gasteiger partial charge in [-0.1, -0.05) is 82.7 Å². The quantitative estimate of drug-likeness (QED) is 0.184. The number of carbonyl (C=O) groups excluding carboxylic acids is 2. The van der Waals surface area contributed by atoms with Crippen LogP contribution in [0.5, 0.6) is 5.75 Å². The summed E-state index contributed by atoms with van der Waals surface area (Å²) >= 11 is 4.47. The van der Waals surface area contributed by atoms with Crippen LogP contribution in [0.25, 0.3) is 27.8 Å². The zero-order chi connectivity index (χ0) is 26.1. The van der Waals surface area contributed by atoms with Gasteiger partial charge in [0.2, 0.25) is 0 Å². The summed E-state index contributed by atoms with van der Waals surface area (Å²) in [5.74, 6) is 0.454. The van der Waals surface area contributed by atoms with Gasteiger partial charge in [0.1, 0.15) is 12.4 Å². The van der Waals surface area contributed by atoms with Gasteiger partial charge in [-0.2, -0.15) is 0 Å². The first kappa shape index (κ1) is 24.5. The largest absolute Gasteiger partial charge is 0.491 e. The topological polar surface area (TPSA) is 51.5 Å². The van der Waals surface area contributed by atoms with Crippen molar-refractivity contribution in [3.63, 3.8) is 0 Å². The summed E-state index contributed by atoms with van der Waals surface area (Å²) < 4.78 is 9.19. The van der Waals surface area contributed by atoms with Crippen LogP contribution in [0, 0.1) is 0 Å². The summed E-state index contributed by atoms with van der Waals surface area (Å²) in [6.07, 6.45) is 3.88. The molecule has 0 aliphatic carbocycles. The minimum atomic E-state index is -0.286. The first-order valence-electron chi connectivity index (χ1n) is 12.2. The lowest BCUT2D eigenvalue weighted by molar-refractivity contribution is -0.123. The maximum atomic E-state index is 13.2. The fourth-order valence-corrected chi connectivity index (χ4v) is 5.83. The van der Waals surface area contributed by atoms with Gasteiger partial charge >= 0.3 is 0 Å². The standard InChI is InChI=1S/C31H23BrN2O3S/c32-24-14-12-21(13-15-24)19-33-20-23(25-8-3-4-10-27(25)33)18-29-30(35)34(31(36)38-29)16-17-37-28-11-5-7-22-6-1-2-9-26(22)28/h1-15,18,20H,16-17,19H2/b29-18-. The van der Waals surface area contributed by atoms with Gasteiger partial charge in [0.25, 0.3) is 11.1 Å². The number of fused-ring (bicyclic) bond motifs is 2. The molecular weight excluding hydrogens is 560 g/mol. The summed E-state index contributed by atoms with van der Waals surface area (Å²) in [5, 5.41) is 2.85. The highest BCUT2D eigenvalue weighted by atomic mass is 79.9. The molecule has 1 saturated heterocycles. The van der Waals surface area contributed by atoms with Crippen molar-refractivity contribution in [3.8, 4) is 5.75 Å². The Balaban J connectivity index is 1.20. The number of amides is 2. The SMILES string of the molecule is O=C1S/C(=C\c2cn(Cc3ccc(Br)cc3)c3ccccc23)C(=O)N1CCOc1cccc2ccccc12. The number of halogens is 1. The molecule has 1 aromatic heterocycles. The zero-order valence-electron chi connectivity index (χ0n) is 20.3. The van der Waals surface area contributed by atoms with E-state index in [0.717, 1.165) is 49.2 Å². The van der Waals surface area contributed by atoms with Crippen molar-refractivity contribution in [2.24, 2.45) is 0 Å². The van der Waals surface area contributed by atoms with E-state index < -0.39 is 0 Å². The van der Waals surface area contributed by atoms with Gasteiger partial charge in [0.05, 0.1) is 11.4 Å². The van der Waals surface area contributed by atoms with Crippen molar-refractivity contribution in [1.29, 1.82) is 0 Å². The van der Waals surface area contributed by atoms with Gasteiger partial charge in [-0.15, -0.1) is 0 Å². The molecule has 0 unspecified atom stereocenters. The summed E-state index contributed by atoms with van der Waals surface area (Å²) in [5.41, 5.74) is 3.16. The number of hydrogen-bond acceptors (Lipinski definition) is 4. The van der Waals surface area contributed by atoms with E-state index in [1.807, 2.05) is 85.1 Å². The second-order valence-corrected chi connectivity index (χ2v) is 10.9. The maximum absolute atomic E-state index is 13.2. The fraction of sp³-hybridized carbons (Fsp3) is 0.0968. The summed E-state index contributed by atoms with van der Waals surface area (Å²) in [7, 11) is 0. The van der Waals surface area contributed by atoms with E-state index in [4.69, 9.17) is 4.74 Å². The molecule has 5 aromatic rings. The fourth-order valence-electron chi connectivity index (χ4n) is 4.71. The molecule has 1 aliphatic rings. The van der Waals surface area contributed by atoms with E-state index in [-0.39, 0.29) is 24.3 Å². The number of carbonyl (C=O) groups is 2. The van der Waals surface area contributed by atoms with E-state index in [9.17, 15) is 9.59 Å². The van der Waals surface area contributed by atoms with E-state index >= 15 is 0 Å². The van der Waals surface area contributed by atoms with Crippen LogP contribution in [0.1, 0.15) is 11.1 Å². The van der Waals surface area contributed by atoms with Crippen molar-refractivity contribution < 1.29 is 14.3 Å². The first-order chi connectivity index (χ1) is 18.6. The lowest BCUT2D eigenvalue weighted by atomic mass is 10.1. The molecule has 1 aliphatic heterocycles. The number of aromatic nitrogens is 1. The summed E-state index contributed by atoms with van der Waals surface area (Å²) in [6.45, 7) is 1.12. The molecule has 188 valence electrons. The van der Waals surface area contributed by atoms with E-state index in [0.29, 0.717) is 11.4 Å². The molecule has 0 bridgehead atoms. The van der Waals surface area contributed by atoms with Crippen LogP contribution in [0.2, 0.25) is 0 Å². The number of para-hydroxylation sites is 1. The Bertz CT molecular complexity index is 1700. The molecule has 6 rings (SSSR count). The van der Waals surface area contributed by atoms with Crippen molar-refractivity contribution >= 4 is 66.6 Å². The number of benzene rings is 4. The Morgan fingerprint density at radius 2 is 1.58 bits per heavy atom. The monoisotopic (exact) mass is 582 g/mol. The van der Waals surface area contributed by atoms with Crippen LogP contribution in [0.15, 0.2) is 107 Å². The third-order valence-corrected chi connectivity index (χ3v) is 8.00. The van der Waals surface area contributed by atoms with Gasteiger partial charge in [0, 0.05) is 39.1 Å². The van der Waals surface area contributed by atoms with E-state index in [1.54, 1.807) is 0 Å². The smallest absolute Gasteiger partial charge is 0.293 e. The Morgan fingerprint density at radius 3 is 2.42 bits per heavy atom. The second-order valence-electron chi connectivity index (χ2n) is 9.02. The Hall–Kier alpha value is -3.81. The molecule has 2 heterocycles. The maximum Gasteiger partial charge on any atom is 0.293 e. The Kier molecular flexibility index (Phi) is 6.79. The molecule has 7 heteroatoms. The molecule has 0 radical (unpaired) electrons. The normalized spacial score (nSPS) is 14.8. The van der Waals surface area contributed by atoms with Crippen LogP contribution in [0.3, 0.4) is 0 Å². The number of ether oxygens (including phenoxy) is 1. The lowest BCUT2D eigenvalue weighted by Crippen LogP contribution is -2.32. The van der Waals surface area contributed by atoms with Crippen molar-refractivity contribution in [2.45, 2.75) is 6.54 Å². The second kappa shape index (κ2) is 10.5. The van der Waals surface area contributed by atoms with Crippen LogP contribution in [0.4, 0.5) is 4.79 Å². The molecule has 2 amide bonds. The van der Waals surface area contributed by atoms with E-state index in [1.165, 1.54) is 10.5 Å². The van der Waals surface area contributed by atoms with Gasteiger partial charge in [-0.05, 0) is 53.1 Å². The number of imide groups is 1. The number of nitrogens with zero attached hydrogens (tertiary/aromatic N) is 2. The van der Waals surface area contributed by atoms with Crippen LogP contribution in [-0.2, 0) is 11.3 Å². The molecule has 4 aromatic carbocycles. The number of hydrogen-bond donors (Lipinski definition) is 0. The predicted molar refractivity (Wildman–Crippen MR) is 157 cm³/mol. The highest BCUT2D eigenvalue weighted by Gasteiger charge is 2.35. The van der Waals surface area contributed by atoms with Crippen molar-refractivity contribution in [3.05, 3.63) is 118 Å². The van der Waals surface area contributed by atoms with Crippen molar-refractivity contribution in [1.82, 2.24) is 9.47 Å². The average molecular weight is 584 g/mol. The molecule has 0 atom stereocenters. The predicted octanol–water partition coefficient (Wildman–Crippen LogP) is 7.72. The Morgan fingerprint density at radius 1 is 0.842 bits per heavy atom. The third kappa shape index (κ3) is 4.87. The number of thioether (sulfide) groups is 1. The highest BCUT2D eigenvalue weighted by Crippen LogP contribution is 2.34. The minimum Gasteiger partial charge on any atom is -0.491 e. The minimum absolute atomic E-state index is 0.191. The van der Waals surface area contributed by atoms with Crippen molar-refractivity contribution in [2.75, 3.05) is 13.2 Å².